The Bertz CT molecular complexity index is 1360. The van der Waals surface area contributed by atoms with E-state index in [1.165, 1.54) is 70.4 Å². The summed E-state index contributed by atoms with van der Waals surface area (Å²) in [6.45, 7) is 2.23. The molecule has 3 atom stereocenters. The average Bonchev–Trinajstić information content (AvgIpc) is 2.95. The first-order chi connectivity index (χ1) is 17.9. The van der Waals surface area contributed by atoms with Gasteiger partial charge in [0.1, 0.15) is 0 Å². The average molecular weight is 471 g/mol. The van der Waals surface area contributed by atoms with Gasteiger partial charge in [0.05, 0.1) is 0 Å². The van der Waals surface area contributed by atoms with Crippen LogP contribution in [0.2, 0.25) is 0 Å². The van der Waals surface area contributed by atoms with Crippen LogP contribution in [0.4, 0.5) is 11.4 Å². The molecule has 0 saturated heterocycles. The number of anilines is 2. The second-order valence-corrected chi connectivity index (χ2v) is 10.8. The van der Waals surface area contributed by atoms with E-state index in [1.54, 1.807) is 0 Å². The molecule has 0 bridgehead atoms. The summed E-state index contributed by atoms with van der Waals surface area (Å²) >= 11 is 0. The number of hydrogen-bond donors (Lipinski definition) is 1. The van der Waals surface area contributed by atoms with Gasteiger partial charge in [0.15, 0.2) is 0 Å². The lowest BCUT2D eigenvalue weighted by Crippen LogP contribution is -2.49. The zero-order valence-electron chi connectivity index (χ0n) is 20.9. The van der Waals surface area contributed by atoms with Crippen LogP contribution >= 0.6 is 0 Å². The summed E-state index contributed by atoms with van der Waals surface area (Å²) in [7, 11) is 0. The molecule has 3 aliphatic rings. The molecule has 0 aliphatic carbocycles. The summed E-state index contributed by atoms with van der Waals surface area (Å²) in [4.78, 5) is 2.79. The molecule has 0 radical (unpaired) electrons. The number of para-hydroxylation sites is 1. The normalized spacial score (nSPS) is 22.3. The lowest BCUT2D eigenvalue weighted by molar-refractivity contribution is 0.414. The summed E-state index contributed by atoms with van der Waals surface area (Å²) < 4.78 is 0. The topological polar surface area (TPSA) is 15.3 Å². The first kappa shape index (κ1) is 21.7. The van der Waals surface area contributed by atoms with Crippen molar-refractivity contribution >= 4 is 11.4 Å². The van der Waals surface area contributed by atoms with Gasteiger partial charge in [-0.05, 0) is 71.6 Å². The van der Waals surface area contributed by atoms with E-state index in [-0.39, 0.29) is 0 Å². The first-order valence-electron chi connectivity index (χ1n) is 13.7. The smallest absolute Gasteiger partial charge is 0.0440 e. The molecular weight excluding hydrogens is 436 g/mol. The van der Waals surface area contributed by atoms with E-state index >= 15 is 0 Å². The fourth-order valence-electron chi connectivity index (χ4n) is 7.16. The molecule has 0 saturated carbocycles. The van der Waals surface area contributed by atoms with Crippen molar-refractivity contribution in [2.75, 3.05) is 23.3 Å². The summed E-state index contributed by atoms with van der Waals surface area (Å²) in [6.07, 6.45) is 5.88. The first-order valence-corrected chi connectivity index (χ1v) is 13.7. The zero-order valence-corrected chi connectivity index (χ0v) is 20.9. The highest BCUT2D eigenvalue weighted by atomic mass is 15.2. The highest BCUT2D eigenvalue weighted by Gasteiger charge is 2.44. The molecule has 0 amide bonds. The van der Waals surface area contributed by atoms with Crippen LogP contribution in [0.3, 0.4) is 0 Å². The number of benzene rings is 4. The largest absolute Gasteiger partial charge is 0.385 e. The number of aryl methyl sites for hydroxylation is 2. The molecule has 0 aromatic heterocycles. The van der Waals surface area contributed by atoms with Crippen LogP contribution in [0.1, 0.15) is 58.1 Å². The monoisotopic (exact) mass is 470 g/mol. The molecule has 2 nitrogen and oxygen atoms in total. The molecule has 36 heavy (non-hydrogen) atoms. The molecule has 3 aliphatic heterocycles. The van der Waals surface area contributed by atoms with Crippen LogP contribution in [-0.4, -0.2) is 19.1 Å². The molecule has 0 spiro atoms. The molecule has 1 N–H and O–H groups in total. The van der Waals surface area contributed by atoms with Crippen molar-refractivity contribution in [3.8, 4) is 0 Å². The van der Waals surface area contributed by atoms with Crippen LogP contribution in [0.25, 0.3) is 0 Å². The van der Waals surface area contributed by atoms with Gasteiger partial charge in [-0.15, -0.1) is 0 Å². The van der Waals surface area contributed by atoms with E-state index in [9.17, 15) is 0 Å². The van der Waals surface area contributed by atoms with Crippen LogP contribution < -0.4 is 10.2 Å². The Labute approximate surface area is 215 Å². The van der Waals surface area contributed by atoms with E-state index in [2.05, 4.69) is 107 Å². The van der Waals surface area contributed by atoms with E-state index in [0.29, 0.717) is 17.9 Å². The van der Waals surface area contributed by atoms with Crippen LogP contribution in [0.5, 0.6) is 0 Å². The molecule has 4 aromatic rings. The lowest BCUT2D eigenvalue weighted by atomic mass is 9.67. The van der Waals surface area contributed by atoms with Gasteiger partial charge < -0.3 is 10.2 Å². The van der Waals surface area contributed by atoms with Gasteiger partial charge in [-0.25, -0.2) is 0 Å². The predicted octanol–water partition coefficient (Wildman–Crippen LogP) is 7.34. The maximum Gasteiger partial charge on any atom is 0.0440 e. The van der Waals surface area contributed by atoms with Crippen molar-refractivity contribution in [2.45, 2.75) is 50.0 Å². The van der Waals surface area contributed by atoms with Crippen molar-refractivity contribution in [3.63, 3.8) is 0 Å². The van der Waals surface area contributed by atoms with Gasteiger partial charge in [0.25, 0.3) is 0 Å². The van der Waals surface area contributed by atoms with E-state index in [4.69, 9.17) is 0 Å². The Kier molecular flexibility index (Phi) is 5.54. The van der Waals surface area contributed by atoms with Crippen molar-refractivity contribution in [1.29, 1.82) is 0 Å². The zero-order chi connectivity index (χ0) is 23.9. The quantitative estimate of drug-likeness (QED) is 0.336. The summed E-state index contributed by atoms with van der Waals surface area (Å²) in [5, 5.41) is 3.62. The van der Waals surface area contributed by atoms with Crippen molar-refractivity contribution in [2.24, 2.45) is 0 Å². The molecule has 3 heterocycles. The highest BCUT2D eigenvalue weighted by Crippen LogP contribution is 2.53. The minimum Gasteiger partial charge on any atom is -0.385 e. The summed E-state index contributed by atoms with van der Waals surface area (Å²) in [5.41, 5.74) is 11.8. The maximum atomic E-state index is 3.62. The van der Waals surface area contributed by atoms with Crippen molar-refractivity contribution in [3.05, 3.63) is 130 Å². The van der Waals surface area contributed by atoms with Gasteiger partial charge in [-0.3, -0.25) is 0 Å². The van der Waals surface area contributed by atoms with Gasteiger partial charge in [0, 0.05) is 42.3 Å². The van der Waals surface area contributed by atoms with Crippen molar-refractivity contribution < 1.29 is 0 Å². The molecule has 4 aromatic carbocycles. The second kappa shape index (κ2) is 9.17. The van der Waals surface area contributed by atoms with E-state index in [0.717, 1.165) is 19.5 Å². The highest BCUT2D eigenvalue weighted by molar-refractivity contribution is 5.69. The SMILES string of the molecule is c1ccc(C[C@H]2[C@H](c3ccccc3)[C@H](c3ccc4c(c3)CCCN4)c3cccc4c3N2CCC4)cc1. The standard InChI is InChI=1S/C34H34N2/c1-3-10-24(11-4-1)22-31-33(25-12-5-2-6-13-25)32(28-18-19-30-27(23-28)15-8-20-35-30)29-17-7-14-26-16-9-21-36(31)34(26)29/h1-7,10-14,17-19,23,31-33,35H,8-9,15-16,20-22H2/t31-,32+,33-/m0/s1. The minimum absolute atomic E-state index is 0.345. The summed E-state index contributed by atoms with van der Waals surface area (Å²) in [5.74, 6) is 0.736. The fraction of sp³-hybridized carbons (Fsp3) is 0.294. The van der Waals surface area contributed by atoms with Gasteiger partial charge in [0.2, 0.25) is 0 Å². The molecule has 2 heteroatoms. The third-order valence-corrected chi connectivity index (χ3v) is 8.69. The van der Waals surface area contributed by atoms with Crippen molar-refractivity contribution in [1.82, 2.24) is 0 Å². The fourth-order valence-corrected chi connectivity index (χ4v) is 7.16. The Morgan fingerprint density at radius 1 is 0.722 bits per heavy atom. The molecule has 0 unspecified atom stereocenters. The number of rotatable bonds is 4. The van der Waals surface area contributed by atoms with Gasteiger partial charge >= 0.3 is 0 Å². The van der Waals surface area contributed by atoms with Crippen LogP contribution in [0.15, 0.2) is 97.1 Å². The summed E-state index contributed by atoms with van der Waals surface area (Å²) in [6, 6.07) is 37.3. The Balaban J connectivity index is 1.45. The minimum atomic E-state index is 0.345. The van der Waals surface area contributed by atoms with Crippen LogP contribution in [0, 0.1) is 0 Å². The molecule has 180 valence electrons. The maximum absolute atomic E-state index is 3.62. The predicted molar refractivity (Wildman–Crippen MR) is 150 cm³/mol. The second-order valence-electron chi connectivity index (χ2n) is 10.8. The number of nitrogens with zero attached hydrogens (tertiary/aromatic N) is 1. The Morgan fingerprint density at radius 3 is 2.39 bits per heavy atom. The Morgan fingerprint density at radius 2 is 1.53 bits per heavy atom. The number of fused-ring (bicyclic) bond motifs is 1. The molecular formula is C34H34N2. The third kappa shape index (κ3) is 3.71. The third-order valence-electron chi connectivity index (χ3n) is 8.69. The molecule has 0 fully saturated rings. The van der Waals surface area contributed by atoms with Crippen LogP contribution in [-0.2, 0) is 19.3 Å². The Hall–Kier alpha value is -3.52. The lowest BCUT2D eigenvalue weighted by Gasteiger charge is -2.51. The number of nitrogens with one attached hydrogen (secondary N) is 1. The molecule has 7 rings (SSSR count). The number of hydrogen-bond acceptors (Lipinski definition) is 2. The van der Waals surface area contributed by atoms with E-state index in [1.807, 2.05) is 0 Å². The van der Waals surface area contributed by atoms with Gasteiger partial charge in [-0.2, -0.15) is 0 Å². The van der Waals surface area contributed by atoms with E-state index < -0.39 is 0 Å². The van der Waals surface area contributed by atoms with Gasteiger partial charge in [-0.1, -0.05) is 91.0 Å².